The molecule has 1 saturated carbocycles. The SMILES string of the molecule is CC.CC.CC.Cc1cnccc1C(F)(F)F.c1cncc(C2CC2)c1. The number of pyridine rings is 2. The first-order valence-electron chi connectivity index (χ1n) is 9.36. The van der Waals surface area contributed by atoms with Crippen LogP contribution in [0.4, 0.5) is 13.2 Å². The van der Waals surface area contributed by atoms with Crippen LogP contribution in [0, 0.1) is 6.92 Å². The summed E-state index contributed by atoms with van der Waals surface area (Å²) < 4.78 is 36.1. The van der Waals surface area contributed by atoms with Crippen molar-refractivity contribution in [2.75, 3.05) is 0 Å². The lowest BCUT2D eigenvalue weighted by Gasteiger charge is -2.07. The topological polar surface area (TPSA) is 25.8 Å². The van der Waals surface area contributed by atoms with Crippen molar-refractivity contribution in [2.45, 2.75) is 73.4 Å². The first kappa shape index (κ1) is 26.3. The number of hydrogen-bond acceptors (Lipinski definition) is 2. The third-order valence-electron chi connectivity index (χ3n) is 3.06. The Morgan fingerprint density at radius 2 is 1.38 bits per heavy atom. The van der Waals surface area contributed by atoms with Gasteiger partial charge in [0.05, 0.1) is 5.56 Å². The molecule has 5 heteroatoms. The molecule has 2 nitrogen and oxygen atoms in total. The number of halogens is 3. The van der Waals surface area contributed by atoms with Crippen LogP contribution in [0.15, 0.2) is 43.0 Å². The van der Waals surface area contributed by atoms with Crippen molar-refractivity contribution in [1.82, 2.24) is 9.97 Å². The molecule has 0 unspecified atom stereocenters. The fraction of sp³-hybridized carbons (Fsp3) is 0.524. The zero-order chi connectivity index (χ0) is 20.6. The molecule has 26 heavy (non-hydrogen) atoms. The maximum atomic E-state index is 12.0. The quantitative estimate of drug-likeness (QED) is 0.521. The third kappa shape index (κ3) is 10.9. The fourth-order valence-electron chi connectivity index (χ4n) is 1.83. The van der Waals surface area contributed by atoms with E-state index in [1.54, 1.807) is 0 Å². The molecule has 0 amide bonds. The lowest BCUT2D eigenvalue weighted by atomic mass is 10.1. The summed E-state index contributed by atoms with van der Waals surface area (Å²) in [6, 6.07) is 5.13. The molecule has 1 aliphatic rings. The Morgan fingerprint density at radius 1 is 0.846 bits per heavy atom. The number of nitrogens with zero attached hydrogens (tertiary/aromatic N) is 2. The van der Waals surface area contributed by atoms with Gasteiger partial charge in [0, 0.05) is 24.8 Å². The van der Waals surface area contributed by atoms with E-state index in [4.69, 9.17) is 0 Å². The molecular formula is C21H33F3N2. The minimum absolute atomic E-state index is 0.153. The van der Waals surface area contributed by atoms with Gasteiger partial charge in [0.15, 0.2) is 0 Å². The van der Waals surface area contributed by atoms with Gasteiger partial charge < -0.3 is 0 Å². The van der Waals surface area contributed by atoms with Crippen LogP contribution in [-0.2, 0) is 6.18 Å². The van der Waals surface area contributed by atoms with Crippen molar-refractivity contribution >= 4 is 0 Å². The first-order chi connectivity index (χ1) is 12.5. The van der Waals surface area contributed by atoms with E-state index in [2.05, 4.69) is 16.0 Å². The van der Waals surface area contributed by atoms with Gasteiger partial charge in [-0.1, -0.05) is 47.6 Å². The highest BCUT2D eigenvalue weighted by atomic mass is 19.4. The van der Waals surface area contributed by atoms with E-state index in [0.29, 0.717) is 0 Å². The van der Waals surface area contributed by atoms with Crippen LogP contribution in [0.25, 0.3) is 0 Å². The van der Waals surface area contributed by atoms with Gasteiger partial charge in [-0.25, -0.2) is 0 Å². The van der Waals surface area contributed by atoms with Crippen LogP contribution < -0.4 is 0 Å². The molecule has 1 aliphatic carbocycles. The molecule has 0 atom stereocenters. The standard InChI is InChI=1S/C8H9N.C7H6F3N.3C2H6/c1-2-8(6-9-5-1)7-3-4-7;1-5-4-11-3-2-6(5)7(8,9)10;3*1-2/h1-2,5-7H,3-4H2;2-4H,1H3;3*1-2H3. The highest BCUT2D eigenvalue weighted by Crippen LogP contribution is 2.39. The molecule has 0 aromatic carbocycles. The largest absolute Gasteiger partial charge is 0.416 e. The highest BCUT2D eigenvalue weighted by molar-refractivity contribution is 5.24. The molecular weight excluding hydrogens is 337 g/mol. The second-order valence-corrected chi connectivity index (χ2v) is 4.75. The summed E-state index contributed by atoms with van der Waals surface area (Å²) in [6.07, 6.45) is 4.60. The number of aromatic nitrogens is 2. The fourth-order valence-corrected chi connectivity index (χ4v) is 1.83. The van der Waals surface area contributed by atoms with Crippen molar-refractivity contribution in [1.29, 1.82) is 0 Å². The molecule has 0 N–H and O–H groups in total. The van der Waals surface area contributed by atoms with E-state index in [1.807, 2.05) is 60.0 Å². The smallest absolute Gasteiger partial charge is 0.264 e. The normalized spacial score (nSPS) is 11.8. The summed E-state index contributed by atoms with van der Waals surface area (Å²) in [4.78, 5) is 7.60. The Bertz CT molecular complexity index is 551. The summed E-state index contributed by atoms with van der Waals surface area (Å²) in [5.41, 5.74) is 0.949. The van der Waals surface area contributed by atoms with Gasteiger partial charge in [-0.15, -0.1) is 0 Å². The molecule has 1 fully saturated rings. The molecule has 2 aromatic heterocycles. The predicted octanol–water partition coefficient (Wildman–Crippen LogP) is 7.45. The molecule has 3 rings (SSSR count). The van der Waals surface area contributed by atoms with Crippen molar-refractivity contribution < 1.29 is 13.2 Å². The molecule has 148 valence electrons. The van der Waals surface area contributed by atoms with Crippen LogP contribution in [0.3, 0.4) is 0 Å². The maximum absolute atomic E-state index is 12.0. The average molecular weight is 371 g/mol. The van der Waals surface area contributed by atoms with Crippen molar-refractivity contribution in [2.24, 2.45) is 0 Å². The second-order valence-electron chi connectivity index (χ2n) is 4.75. The Balaban J connectivity index is 0. The average Bonchev–Trinajstić information content (AvgIpc) is 3.53. The Kier molecular flexibility index (Phi) is 15.5. The number of rotatable bonds is 1. The molecule has 2 heterocycles. The first-order valence-corrected chi connectivity index (χ1v) is 9.36. The van der Waals surface area contributed by atoms with Crippen molar-refractivity contribution in [3.8, 4) is 0 Å². The predicted molar refractivity (Wildman–Crippen MR) is 104 cm³/mol. The van der Waals surface area contributed by atoms with Gasteiger partial charge in [-0.3, -0.25) is 9.97 Å². The molecule has 0 saturated heterocycles. The van der Waals surface area contributed by atoms with E-state index in [0.717, 1.165) is 18.2 Å². The lowest BCUT2D eigenvalue weighted by Crippen LogP contribution is -2.07. The van der Waals surface area contributed by atoms with Gasteiger partial charge in [-0.2, -0.15) is 13.2 Å². The molecule has 2 aromatic rings. The van der Waals surface area contributed by atoms with E-state index >= 15 is 0 Å². The van der Waals surface area contributed by atoms with E-state index < -0.39 is 11.7 Å². The molecule has 0 radical (unpaired) electrons. The highest BCUT2D eigenvalue weighted by Gasteiger charge is 2.31. The molecule has 0 bridgehead atoms. The van der Waals surface area contributed by atoms with E-state index in [9.17, 15) is 13.2 Å². The van der Waals surface area contributed by atoms with E-state index in [1.165, 1.54) is 31.5 Å². The zero-order valence-corrected chi connectivity index (χ0v) is 17.1. The van der Waals surface area contributed by atoms with E-state index in [-0.39, 0.29) is 5.56 Å². The Hall–Kier alpha value is -1.91. The summed E-state index contributed by atoms with van der Waals surface area (Å²) in [6.45, 7) is 13.4. The minimum Gasteiger partial charge on any atom is -0.264 e. The van der Waals surface area contributed by atoms with Gasteiger partial charge in [-0.05, 0) is 48.9 Å². The minimum atomic E-state index is -4.26. The molecule has 0 aliphatic heterocycles. The summed E-state index contributed by atoms with van der Waals surface area (Å²) >= 11 is 0. The van der Waals surface area contributed by atoms with Crippen LogP contribution in [0.2, 0.25) is 0 Å². The van der Waals surface area contributed by atoms with Crippen molar-refractivity contribution in [3.05, 3.63) is 59.7 Å². The summed E-state index contributed by atoms with van der Waals surface area (Å²) in [7, 11) is 0. The summed E-state index contributed by atoms with van der Waals surface area (Å²) in [5.74, 6) is 0.846. The molecule has 0 spiro atoms. The summed E-state index contributed by atoms with van der Waals surface area (Å²) in [5, 5.41) is 0. The zero-order valence-electron chi connectivity index (χ0n) is 17.1. The second kappa shape index (κ2) is 15.4. The lowest BCUT2D eigenvalue weighted by molar-refractivity contribution is -0.138. The van der Waals surface area contributed by atoms with Crippen LogP contribution in [0.1, 0.15) is 77.0 Å². The third-order valence-corrected chi connectivity index (χ3v) is 3.06. The number of hydrogen-bond donors (Lipinski definition) is 0. The Labute approximate surface area is 156 Å². The monoisotopic (exact) mass is 370 g/mol. The van der Waals surface area contributed by atoms with Gasteiger partial charge in [0.2, 0.25) is 0 Å². The van der Waals surface area contributed by atoms with Crippen molar-refractivity contribution in [3.63, 3.8) is 0 Å². The van der Waals surface area contributed by atoms with Gasteiger partial charge >= 0.3 is 6.18 Å². The number of aryl methyl sites for hydroxylation is 1. The van der Waals surface area contributed by atoms with Crippen LogP contribution in [0.5, 0.6) is 0 Å². The maximum Gasteiger partial charge on any atom is 0.416 e. The van der Waals surface area contributed by atoms with Crippen LogP contribution >= 0.6 is 0 Å². The Morgan fingerprint density at radius 3 is 1.73 bits per heavy atom. The number of alkyl halides is 3. The van der Waals surface area contributed by atoms with Gasteiger partial charge in [0.25, 0.3) is 0 Å². The van der Waals surface area contributed by atoms with Gasteiger partial charge in [0.1, 0.15) is 0 Å². The van der Waals surface area contributed by atoms with Crippen LogP contribution in [-0.4, -0.2) is 9.97 Å².